The molecule has 0 unspecified atom stereocenters. The summed E-state index contributed by atoms with van der Waals surface area (Å²) in [6, 6.07) is 3.85. The second kappa shape index (κ2) is 5.48. The average Bonchev–Trinajstić information content (AvgIpc) is 2.23. The fraction of sp³-hybridized carbons (Fsp3) is 0.500. The van der Waals surface area contributed by atoms with Crippen molar-refractivity contribution in [3.05, 3.63) is 35.1 Å². The molecule has 0 aromatic heterocycles. The fourth-order valence-electron chi connectivity index (χ4n) is 2.37. The van der Waals surface area contributed by atoms with Gasteiger partial charge in [-0.1, -0.05) is 6.42 Å². The Morgan fingerprint density at radius 3 is 2.78 bits per heavy atom. The van der Waals surface area contributed by atoms with E-state index in [9.17, 15) is 9.18 Å². The predicted molar refractivity (Wildman–Crippen MR) is 67.0 cm³/mol. The van der Waals surface area contributed by atoms with Crippen LogP contribution in [-0.4, -0.2) is 29.6 Å². The number of carboxylic acids is 1. The highest BCUT2D eigenvalue weighted by atomic mass is 19.1. The van der Waals surface area contributed by atoms with E-state index in [0.29, 0.717) is 12.1 Å². The van der Waals surface area contributed by atoms with Crippen molar-refractivity contribution >= 4 is 5.97 Å². The molecule has 1 aliphatic carbocycles. The predicted octanol–water partition coefficient (Wildman–Crippen LogP) is 2.76. The molecule has 1 N–H and O–H groups in total. The van der Waals surface area contributed by atoms with E-state index in [1.807, 2.05) is 7.05 Å². The van der Waals surface area contributed by atoms with E-state index in [1.165, 1.54) is 37.5 Å². The number of hydrogen-bond acceptors (Lipinski definition) is 2. The molecule has 1 saturated carbocycles. The molecule has 1 fully saturated rings. The lowest BCUT2D eigenvalue weighted by Gasteiger charge is -2.30. The molecule has 18 heavy (non-hydrogen) atoms. The van der Waals surface area contributed by atoms with Gasteiger partial charge in [-0.15, -0.1) is 0 Å². The van der Waals surface area contributed by atoms with Gasteiger partial charge in [-0.05, 0) is 49.6 Å². The van der Waals surface area contributed by atoms with Crippen LogP contribution in [0, 0.1) is 11.7 Å². The highest BCUT2D eigenvalue weighted by Gasteiger charge is 2.20. The lowest BCUT2D eigenvalue weighted by Crippen LogP contribution is -2.29. The van der Waals surface area contributed by atoms with E-state index >= 15 is 0 Å². The molecule has 0 heterocycles. The number of halogens is 1. The SMILES string of the molecule is CN(Cc1cc(F)ccc1C(=O)O)CC1CCC1. The summed E-state index contributed by atoms with van der Waals surface area (Å²) in [5.41, 5.74) is 0.737. The first kappa shape index (κ1) is 13.0. The zero-order chi connectivity index (χ0) is 13.1. The molecule has 98 valence electrons. The molecule has 0 saturated heterocycles. The smallest absolute Gasteiger partial charge is 0.336 e. The quantitative estimate of drug-likeness (QED) is 0.874. The maximum atomic E-state index is 13.2. The van der Waals surface area contributed by atoms with Crippen molar-refractivity contribution in [1.82, 2.24) is 4.90 Å². The molecule has 1 aromatic rings. The number of aromatic carboxylic acids is 1. The molecule has 0 radical (unpaired) electrons. The van der Waals surface area contributed by atoms with E-state index in [-0.39, 0.29) is 11.4 Å². The maximum absolute atomic E-state index is 13.2. The van der Waals surface area contributed by atoms with Crippen molar-refractivity contribution < 1.29 is 14.3 Å². The van der Waals surface area contributed by atoms with E-state index in [0.717, 1.165) is 12.5 Å². The van der Waals surface area contributed by atoms with Gasteiger partial charge < -0.3 is 10.0 Å². The van der Waals surface area contributed by atoms with Crippen molar-refractivity contribution in [2.75, 3.05) is 13.6 Å². The van der Waals surface area contributed by atoms with E-state index in [4.69, 9.17) is 5.11 Å². The number of carboxylic acid groups (broad SMARTS) is 1. The van der Waals surface area contributed by atoms with E-state index < -0.39 is 5.97 Å². The fourth-order valence-corrected chi connectivity index (χ4v) is 2.37. The van der Waals surface area contributed by atoms with Gasteiger partial charge in [-0.3, -0.25) is 0 Å². The molecule has 3 nitrogen and oxygen atoms in total. The first-order valence-electron chi connectivity index (χ1n) is 6.26. The van der Waals surface area contributed by atoms with Gasteiger partial charge in [0.05, 0.1) is 5.56 Å². The second-order valence-corrected chi connectivity index (χ2v) is 5.10. The number of carbonyl (C=O) groups is 1. The highest BCUT2D eigenvalue weighted by molar-refractivity contribution is 5.89. The summed E-state index contributed by atoms with van der Waals surface area (Å²) in [6.07, 6.45) is 3.79. The number of benzene rings is 1. The minimum atomic E-state index is -0.998. The standard InChI is InChI=1S/C14H18FNO2/c1-16(8-10-3-2-4-10)9-11-7-12(15)5-6-13(11)14(17)18/h5-7,10H,2-4,8-9H2,1H3,(H,17,18). The van der Waals surface area contributed by atoms with Gasteiger partial charge >= 0.3 is 5.97 Å². The molecule has 1 aliphatic rings. The first-order valence-corrected chi connectivity index (χ1v) is 6.26. The molecule has 0 atom stereocenters. The molecular weight excluding hydrogens is 233 g/mol. The third-order valence-corrected chi connectivity index (χ3v) is 3.53. The Morgan fingerprint density at radius 1 is 1.50 bits per heavy atom. The van der Waals surface area contributed by atoms with Crippen LogP contribution in [-0.2, 0) is 6.54 Å². The summed E-state index contributed by atoms with van der Waals surface area (Å²) in [6.45, 7) is 1.44. The first-order chi connectivity index (χ1) is 8.56. The summed E-state index contributed by atoms with van der Waals surface area (Å²) >= 11 is 0. The lowest BCUT2D eigenvalue weighted by atomic mass is 9.85. The van der Waals surface area contributed by atoms with Crippen LogP contribution >= 0.6 is 0 Å². The van der Waals surface area contributed by atoms with Gasteiger partial charge in [0.1, 0.15) is 5.82 Å². The summed E-state index contributed by atoms with van der Waals surface area (Å²) in [5, 5.41) is 9.07. The van der Waals surface area contributed by atoms with Crippen molar-refractivity contribution in [2.24, 2.45) is 5.92 Å². The molecule has 1 aromatic carbocycles. The van der Waals surface area contributed by atoms with E-state index in [2.05, 4.69) is 4.90 Å². The van der Waals surface area contributed by atoms with Gasteiger partial charge in [-0.2, -0.15) is 0 Å². The molecule has 0 bridgehead atoms. The minimum absolute atomic E-state index is 0.192. The van der Waals surface area contributed by atoms with E-state index in [1.54, 1.807) is 0 Å². The largest absolute Gasteiger partial charge is 0.478 e. The monoisotopic (exact) mass is 251 g/mol. The summed E-state index contributed by atoms with van der Waals surface area (Å²) in [4.78, 5) is 13.1. The van der Waals surface area contributed by atoms with Gasteiger partial charge in [-0.25, -0.2) is 9.18 Å². The van der Waals surface area contributed by atoms with Crippen molar-refractivity contribution in [1.29, 1.82) is 0 Å². The third-order valence-electron chi connectivity index (χ3n) is 3.53. The summed E-state index contributed by atoms with van der Waals surface area (Å²) < 4.78 is 13.2. The topological polar surface area (TPSA) is 40.5 Å². The maximum Gasteiger partial charge on any atom is 0.336 e. The molecule has 0 spiro atoms. The van der Waals surface area contributed by atoms with Crippen LogP contribution in [0.4, 0.5) is 4.39 Å². The zero-order valence-corrected chi connectivity index (χ0v) is 10.5. The highest BCUT2D eigenvalue weighted by Crippen LogP contribution is 2.27. The van der Waals surface area contributed by atoms with Crippen LogP contribution in [0.5, 0.6) is 0 Å². The second-order valence-electron chi connectivity index (χ2n) is 5.10. The molecule has 0 amide bonds. The number of nitrogens with zero attached hydrogens (tertiary/aromatic N) is 1. The third kappa shape index (κ3) is 3.07. The van der Waals surface area contributed by atoms with Crippen LogP contribution in [0.25, 0.3) is 0 Å². The Hall–Kier alpha value is -1.42. The van der Waals surface area contributed by atoms with Crippen molar-refractivity contribution in [3.63, 3.8) is 0 Å². The van der Waals surface area contributed by atoms with Crippen molar-refractivity contribution in [2.45, 2.75) is 25.8 Å². The Balaban J connectivity index is 2.06. The van der Waals surface area contributed by atoms with Crippen LogP contribution in [0.15, 0.2) is 18.2 Å². The Kier molecular flexibility index (Phi) is 3.97. The van der Waals surface area contributed by atoms with Gasteiger partial charge in [0.25, 0.3) is 0 Å². The van der Waals surface area contributed by atoms with Gasteiger partial charge in [0, 0.05) is 13.1 Å². The van der Waals surface area contributed by atoms with Crippen molar-refractivity contribution in [3.8, 4) is 0 Å². The van der Waals surface area contributed by atoms with Crippen LogP contribution in [0.1, 0.15) is 35.2 Å². The molecule has 4 heteroatoms. The molecule has 2 rings (SSSR count). The van der Waals surface area contributed by atoms with Crippen LogP contribution in [0.2, 0.25) is 0 Å². The average molecular weight is 251 g/mol. The normalized spacial score (nSPS) is 15.7. The number of rotatable bonds is 5. The summed E-state index contributed by atoms with van der Waals surface area (Å²) in [7, 11) is 1.95. The summed E-state index contributed by atoms with van der Waals surface area (Å²) in [5.74, 6) is -0.661. The Morgan fingerprint density at radius 2 is 2.22 bits per heavy atom. The van der Waals surface area contributed by atoms with Gasteiger partial charge in [0.15, 0.2) is 0 Å². The molecule has 0 aliphatic heterocycles. The van der Waals surface area contributed by atoms with Crippen LogP contribution in [0.3, 0.4) is 0 Å². The Labute approximate surface area is 106 Å². The number of hydrogen-bond donors (Lipinski definition) is 1. The zero-order valence-electron chi connectivity index (χ0n) is 10.5. The van der Waals surface area contributed by atoms with Crippen LogP contribution < -0.4 is 0 Å². The Bertz CT molecular complexity index is 443. The van der Waals surface area contributed by atoms with Gasteiger partial charge in [0.2, 0.25) is 0 Å². The molecular formula is C14H18FNO2. The minimum Gasteiger partial charge on any atom is -0.478 e. The lowest BCUT2D eigenvalue weighted by molar-refractivity contribution is 0.0694.